The average Bonchev–Trinajstić information content (AvgIpc) is 3.49. The van der Waals surface area contributed by atoms with Crippen molar-refractivity contribution in [3.8, 4) is 0 Å². The summed E-state index contributed by atoms with van der Waals surface area (Å²) in [6.45, 7) is 4.61. The smallest absolute Gasteiger partial charge is 0.257 e. The van der Waals surface area contributed by atoms with Gasteiger partial charge in [0.2, 0.25) is 0 Å². The first kappa shape index (κ1) is 18.6. The molecule has 2 saturated heterocycles. The summed E-state index contributed by atoms with van der Waals surface area (Å²) in [5.74, 6) is 0.903. The van der Waals surface area contributed by atoms with Crippen LogP contribution in [0, 0.1) is 0 Å². The molecule has 2 fully saturated rings. The van der Waals surface area contributed by atoms with Gasteiger partial charge in [-0.2, -0.15) is 5.10 Å². The third-order valence-electron chi connectivity index (χ3n) is 6.64. The van der Waals surface area contributed by atoms with E-state index in [-0.39, 0.29) is 17.6 Å². The van der Waals surface area contributed by atoms with Gasteiger partial charge in [-0.05, 0) is 45.2 Å². The first-order valence-corrected chi connectivity index (χ1v) is 10.9. The van der Waals surface area contributed by atoms with Gasteiger partial charge in [-0.25, -0.2) is 0 Å². The number of nitrogens with one attached hydrogen (secondary N) is 1. The van der Waals surface area contributed by atoms with Gasteiger partial charge in [0.25, 0.3) is 5.91 Å². The molecule has 1 atom stereocenters. The van der Waals surface area contributed by atoms with Crippen LogP contribution in [0.5, 0.6) is 0 Å². The Balaban J connectivity index is 1.33. The number of hydrogen-bond donors (Lipinski definition) is 1. The number of Topliss-reactive ketones (excluding diaryl/α,β-unsaturated/α-hetero) is 1. The second kappa shape index (κ2) is 7.78. The lowest BCUT2D eigenvalue weighted by Gasteiger charge is -2.33. The van der Waals surface area contributed by atoms with E-state index < -0.39 is 0 Å². The van der Waals surface area contributed by atoms with Crippen molar-refractivity contribution in [2.45, 2.75) is 57.4 Å². The fourth-order valence-corrected chi connectivity index (χ4v) is 5.13. The summed E-state index contributed by atoms with van der Waals surface area (Å²) in [4.78, 5) is 30.0. The van der Waals surface area contributed by atoms with Crippen LogP contribution in [-0.2, 0) is 13.0 Å². The minimum atomic E-state index is -0.0736. The van der Waals surface area contributed by atoms with Crippen molar-refractivity contribution in [1.82, 2.24) is 20.0 Å². The van der Waals surface area contributed by atoms with Crippen molar-refractivity contribution in [1.29, 1.82) is 0 Å². The van der Waals surface area contributed by atoms with Gasteiger partial charge in [0, 0.05) is 49.7 Å². The molecule has 3 aliphatic rings. The van der Waals surface area contributed by atoms with Crippen LogP contribution >= 0.6 is 0 Å². The maximum absolute atomic E-state index is 13.2. The Kier molecular flexibility index (Phi) is 4.99. The molecule has 5 rings (SSSR count). The fraction of sp³-hybridized carbons (Fsp3) is 0.591. The summed E-state index contributed by atoms with van der Waals surface area (Å²) in [5, 5.41) is 7.53. The van der Waals surface area contributed by atoms with E-state index in [1.165, 1.54) is 30.4 Å². The average molecular weight is 396 g/mol. The van der Waals surface area contributed by atoms with E-state index >= 15 is 0 Å². The zero-order chi connectivity index (χ0) is 19.8. The molecule has 0 radical (unpaired) electrons. The fourth-order valence-electron chi connectivity index (χ4n) is 5.13. The van der Waals surface area contributed by atoms with Crippen LogP contribution in [0.25, 0.3) is 0 Å². The predicted molar refractivity (Wildman–Crippen MR) is 107 cm³/mol. The Morgan fingerprint density at radius 1 is 1.17 bits per heavy atom. The van der Waals surface area contributed by atoms with E-state index in [1.54, 1.807) is 0 Å². The monoisotopic (exact) mass is 396 g/mol. The number of rotatable bonds is 4. The van der Waals surface area contributed by atoms with Crippen molar-refractivity contribution in [2.75, 3.05) is 26.2 Å². The molecule has 7 nitrogen and oxygen atoms in total. The number of aromatic nitrogens is 2. The maximum Gasteiger partial charge on any atom is 0.257 e. The molecular formula is C22H28N4O3. The van der Waals surface area contributed by atoms with Gasteiger partial charge in [0.1, 0.15) is 12.0 Å². The second-order valence-corrected chi connectivity index (χ2v) is 8.61. The predicted octanol–water partition coefficient (Wildman–Crippen LogP) is 3.14. The van der Waals surface area contributed by atoms with Crippen LogP contribution in [0.2, 0.25) is 0 Å². The Morgan fingerprint density at radius 3 is 2.90 bits per heavy atom. The van der Waals surface area contributed by atoms with Crippen LogP contribution in [0.4, 0.5) is 0 Å². The number of hydrogen-bond acceptors (Lipinski definition) is 5. The first-order valence-electron chi connectivity index (χ1n) is 10.9. The normalized spacial score (nSPS) is 22.8. The van der Waals surface area contributed by atoms with E-state index in [9.17, 15) is 9.59 Å². The van der Waals surface area contributed by atoms with Crippen LogP contribution in [0.15, 0.2) is 16.9 Å². The Hall–Kier alpha value is -2.41. The van der Waals surface area contributed by atoms with Crippen molar-refractivity contribution >= 4 is 11.7 Å². The first-order chi connectivity index (χ1) is 14.2. The number of H-pyrrole nitrogens is 1. The van der Waals surface area contributed by atoms with E-state index in [4.69, 9.17) is 4.42 Å². The molecule has 0 saturated carbocycles. The van der Waals surface area contributed by atoms with E-state index in [0.717, 1.165) is 51.9 Å². The second-order valence-electron chi connectivity index (χ2n) is 8.61. The van der Waals surface area contributed by atoms with Gasteiger partial charge in [0.15, 0.2) is 5.78 Å². The van der Waals surface area contributed by atoms with Crippen molar-refractivity contribution in [3.05, 3.63) is 40.6 Å². The van der Waals surface area contributed by atoms with Crippen LogP contribution in [0.3, 0.4) is 0 Å². The summed E-state index contributed by atoms with van der Waals surface area (Å²) in [7, 11) is 0. The zero-order valence-electron chi connectivity index (χ0n) is 16.8. The third kappa shape index (κ3) is 3.52. The number of carbonyl (C=O) groups is 2. The molecule has 2 aromatic heterocycles. The largest absolute Gasteiger partial charge is 0.468 e. The number of carbonyl (C=O) groups excluding carboxylic acids is 2. The van der Waals surface area contributed by atoms with Crippen LogP contribution in [0.1, 0.15) is 82.2 Å². The zero-order valence-corrected chi connectivity index (χ0v) is 16.8. The highest BCUT2D eigenvalue weighted by Crippen LogP contribution is 2.32. The summed E-state index contributed by atoms with van der Waals surface area (Å²) in [6.07, 6.45) is 10.0. The number of nitrogens with zero attached hydrogens (tertiary/aromatic N) is 3. The minimum absolute atomic E-state index is 0.0402. The molecule has 1 aliphatic carbocycles. The molecule has 0 bridgehead atoms. The number of amides is 1. The molecule has 1 N–H and O–H groups in total. The number of likely N-dealkylation sites (tertiary alicyclic amines) is 2. The summed E-state index contributed by atoms with van der Waals surface area (Å²) < 4.78 is 5.57. The molecule has 1 unspecified atom stereocenters. The molecule has 0 spiro atoms. The quantitative estimate of drug-likeness (QED) is 0.859. The molecule has 4 heterocycles. The maximum atomic E-state index is 13.2. The van der Waals surface area contributed by atoms with Gasteiger partial charge in [-0.15, -0.1) is 0 Å². The molecule has 2 aromatic rings. The van der Waals surface area contributed by atoms with Gasteiger partial charge in [-0.3, -0.25) is 19.6 Å². The summed E-state index contributed by atoms with van der Waals surface area (Å²) in [6, 6.07) is 0. The highest BCUT2D eigenvalue weighted by atomic mass is 16.3. The van der Waals surface area contributed by atoms with E-state index in [2.05, 4.69) is 15.1 Å². The van der Waals surface area contributed by atoms with Crippen molar-refractivity contribution in [3.63, 3.8) is 0 Å². The van der Waals surface area contributed by atoms with Gasteiger partial charge in [0.05, 0.1) is 17.3 Å². The Morgan fingerprint density at radius 2 is 2.03 bits per heavy atom. The summed E-state index contributed by atoms with van der Waals surface area (Å²) in [5.41, 5.74) is 3.40. The van der Waals surface area contributed by atoms with Crippen molar-refractivity contribution in [2.24, 2.45) is 0 Å². The highest BCUT2D eigenvalue weighted by molar-refractivity contribution is 6.09. The number of ketones is 1. The number of aryl methyl sites for hydroxylation is 1. The molecule has 0 aromatic carbocycles. The van der Waals surface area contributed by atoms with Crippen LogP contribution < -0.4 is 0 Å². The summed E-state index contributed by atoms with van der Waals surface area (Å²) >= 11 is 0. The highest BCUT2D eigenvalue weighted by Gasteiger charge is 2.33. The molecule has 1 amide bonds. The Bertz CT molecular complexity index is 909. The number of furan rings is 1. The number of aromatic amines is 1. The molecule has 29 heavy (non-hydrogen) atoms. The standard InChI is InChI=1S/C22H28N4O3/c27-18-6-3-7-19-20(18)17(14-29-19)22(28)26-10-4-5-15(13-26)21-16(11-23-24-21)12-25-8-1-2-9-25/h11,14-15H,1-10,12-13H2,(H,23,24). The lowest BCUT2D eigenvalue weighted by molar-refractivity contribution is 0.0700. The molecule has 2 aliphatic heterocycles. The number of piperidine rings is 1. The lowest BCUT2D eigenvalue weighted by atomic mass is 9.90. The molecule has 7 heteroatoms. The Labute approximate surface area is 170 Å². The van der Waals surface area contributed by atoms with Gasteiger partial charge < -0.3 is 9.32 Å². The lowest BCUT2D eigenvalue weighted by Crippen LogP contribution is -2.40. The topological polar surface area (TPSA) is 82.4 Å². The van der Waals surface area contributed by atoms with Crippen molar-refractivity contribution < 1.29 is 14.0 Å². The number of fused-ring (bicyclic) bond motifs is 1. The van der Waals surface area contributed by atoms with E-state index in [1.807, 2.05) is 11.1 Å². The SMILES string of the molecule is O=C1CCCc2occ(C(=O)N3CCCC(c4[nH]ncc4CN4CCCC4)C3)c21. The van der Waals surface area contributed by atoms with Gasteiger partial charge in [-0.1, -0.05) is 0 Å². The molecular weight excluding hydrogens is 368 g/mol. The minimum Gasteiger partial charge on any atom is -0.468 e. The van der Waals surface area contributed by atoms with Crippen LogP contribution in [-0.4, -0.2) is 57.9 Å². The molecule has 154 valence electrons. The van der Waals surface area contributed by atoms with Gasteiger partial charge >= 0.3 is 0 Å². The van der Waals surface area contributed by atoms with E-state index in [0.29, 0.717) is 29.9 Å². The third-order valence-corrected chi connectivity index (χ3v) is 6.64.